The van der Waals surface area contributed by atoms with Crippen LogP contribution in [0.1, 0.15) is 11.4 Å². The summed E-state index contributed by atoms with van der Waals surface area (Å²) in [7, 11) is 0. The number of nitrogens with zero attached hydrogens (tertiary/aromatic N) is 2. The number of rotatable bonds is 3. The van der Waals surface area contributed by atoms with Gasteiger partial charge in [-0.25, -0.2) is 0 Å². The summed E-state index contributed by atoms with van der Waals surface area (Å²) in [6.45, 7) is 6.31. The van der Waals surface area contributed by atoms with E-state index in [1.54, 1.807) is 0 Å². The molecule has 2 nitrogen and oxygen atoms in total. The van der Waals surface area contributed by atoms with E-state index in [9.17, 15) is 0 Å². The van der Waals surface area contributed by atoms with Crippen LogP contribution in [0.4, 0.5) is 0 Å². The zero-order chi connectivity index (χ0) is 11.4. The largest absolute Gasteiger partial charge is 1.00 e. The number of aryl methyl sites for hydroxylation is 4. The van der Waals surface area contributed by atoms with E-state index in [1.165, 1.54) is 11.4 Å². The highest BCUT2D eigenvalue weighted by Crippen LogP contribution is 1.89. The second-order valence-corrected chi connectivity index (χ2v) is 4.07. The molecule has 0 saturated carbocycles. The van der Waals surface area contributed by atoms with E-state index in [0.717, 1.165) is 13.1 Å². The summed E-state index contributed by atoms with van der Waals surface area (Å²) in [5, 5.41) is 0. The second-order valence-electron chi connectivity index (χ2n) is 4.07. The smallest absolute Gasteiger partial charge is 0.206 e. The first-order chi connectivity index (χ1) is 7.77. The van der Waals surface area contributed by atoms with Gasteiger partial charge in [0.25, 0.3) is 0 Å². The Labute approximate surface area is 130 Å². The van der Waals surface area contributed by atoms with Crippen LogP contribution in [0.15, 0.2) is 48.8 Å². The van der Waals surface area contributed by atoms with Gasteiger partial charge in [-0.1, -0.05) is 12.1 Å². The first kappa shape index (κ1) is 17.3. The fourth-order valence-electron chi connectivity index (χ4n) is 1.84. The minimum atomic E-state index is 0. The zero-order valence-corrected chi connectivity index (χ0v) is 13.9. The Morgan fingerprint density at radius 3 is 1.44 bits per heavy atom. The summed E-state index contributed by atoms with van der Waals surface area (Å²) in [5.41, 5.74) is 2.60. The maximum Gasteiger partial charge on any atom is 0.206 e. The summed E-state index contributed by atoms with van der Waals surface area (Å²) in [4.78, 5) is 0. The molecule has 0 N–H and O–H groups in total. The lowest BCUT2D eigenvalue weighted by atomic mass is 10.3. The van der Waals surface area contributed by atoms with Crippen molar-refractivity contribution < 1.29 is 43.1 Å². The van der Waals surface area contributed by atoms with E-state index in [4.69, 9.17) is 0 Å². The molecule has 2 heterocycles. The van der Waals surface area contributed by atoms with Gasteiger partial charge >= 0.3 is 0 Å². The number of hydrogen-bond donors (Lipinski definition) is 0. The highest BCUT2D eigenvalue weighted by molar-refractivity contribution is 4.94. The molecule has 2 aromatic rings. The molecule has 0 bridgehead atoms. The van der Waals surface area contributed by atoms with Gasteiger partial charge in [-0.15, -0.1) is 0 Å². The molecule has 0 radical (unpaired) electrons. The van der Waals surface area contributed by atoms with Crippen molar-refractivity contribution in [2.45, 2.75) is 26.9 Å². The van der Waals surface area contributed by atoms with Gasteiger partial charge in [-0.2, -0.15) is 9.13 Å². The third-order valence-electron chi connectivity index (χ3n) is 2.92. The summed E-state index contributed by atoms with van der Waals surface area (Å²) in [6.07, 6.45) is 4.27. The van der Waals surface area contributed by atoms with Crippen molar-refractivity contribution in [1.29, 1.82) is 0 Å². The lowest BCUT2D eigenvalue weighted by Crippen LogP contribution is -3.00. The van der Waals surface area contributed by atoms with Crippen molar-refractivity contribution in [1.82, 2.24) is 0 Å². The van der Waals surface area contributed by atoms with Crippen molar-refractivity contribution in [3.63, 3.8) is 0 Å². The van der Waals surface area contributed by atoms with Crippen LogP contribution >= 0.6 is 0 Å². The van der Waals surface area contributed by atoms with Crippen LogP contribution in [0.3, 0.4) is 0 Å². The lowest BCUT2D eigenvalue weighted by molar-refractivity contribution is -0.783. The normalized spacial score (nSPS) is 9.22. The maximum absolute atomic E-state index is 2.28. The highest BCUT2D eigenvalue weighted by Gasteiger charge is 2.09. The molecule has 98 valence electrons. The molecule has 0 aliphatic heterocycles. The lowest BCUT2D eigenvalue weighted by Gasteiger charge is -1.99. The molecule has 0 unspecified atom stereocenters. The Balaban J connectivity index is 0.00000144. The Hall–Kier alpha value is -0.740. The molecule has 18 heavy (non-hydrogen) atoms. The SMILES string of the molecule is Cc1cccc[n+]1CC[n+]1ccccc1C.[Br-].[Br-]. The van der Waals surface area contributed by atoms with Gasteiger partial charge in [-0.05, 0) is 0 Å². The van der Waals surface area contributed by atoms with E-state index in [1.807, 2.05) is 0 Å². The molecule has 2 aromatic heterocycles. The fourth-order valence-corrected chi connectivity index (χ4v) is 1.84. The summed E-state index contributed by atoms with van der Waals surface area (Å²) >= 11 is 0. The average molecular weight is 374 g/mol. The highest BCUT2D eigenvalue weighted by atomic mass is 79.9. The van der Waals surface area contributed by atoms with E-state index in [2.05, 4.69) is 71.8 Å². The third kappa shape index (κ3) is 4.50. The molecule has 0 aliphatic carbocycles. The standard InChI is InChI=1S/C14H18N2.2BrH/c1-13-7-3-5-9-15(13)11-12-16-10-6-4-8-14(16)2;;/h3-10H,11-12H2,1-2H3;2*1H/q+2;;/p-2. The number of aromatic nitrogens is 2. The quantitative estimate of drug-likeness (QED) is 0.480. The van der Waals surface area contributed by atoms with Crippen molar-refractivity contribution in [2.24, 2.45) is 0 Å². The zero-order valence-electron chi connectivity index (χ0n) is 10.7. The Kier molecular flexibility index (Phi) is 8.03. The minimum Gasteiger partial charge on any atom is -1.00 e. The van der Waals surface area contributed by atoms with Crippen molar-refractivity contribution in [3.05, 3.63) is 60.2 Å². The summed E-state index contributed by atoms with van der Waals surface area (Å²) < 4.78 is 4.55. The summed E-state index contributed by atoms with van der Waals surface area (Å²) in [6, 6.07) is 12.6. The molecular weight excluding hydrogens is 356 g/mol. The van der Waals surface area contributed by atoms with Gasteiger partial charge in [0.15, 0.2) is 23.8 Å². The molecular formula is C14H18Br2N2. The molecule has 0 amide bonds. The molecule has 0 atom stereocenters. The molecule has 0 spiro atoms. The Bertz CT molecular complexity index is 441. The predicted octanol–water partition coefficient (Wildman–Crippen LogP) is -4.41. The Morgan fingerprint density at radius 1 is 0.722 bits per heavy atom. The molecule has 0 aromatic carbocycles. The van der Waals surface area contributed by atoms with E-state index in [0.29, 0.717) is 0 Å². The topological polar surface area (TPSA) is 7.76 Å². The van der Waals surface area contributed by atoms with Crippen LogP contribution in [0, 0.1) is 13.8 Å². The third-order valence-corrected chi connectivity index (χ3v) is 2.92. The minimum absolute atomic E-state index is 0. The van der Waals surface area contributed by atoms with Crippen molar-refractivity contribution >= 4 is 0 Å². The van der Waals surface area contributed by atoms with Gasteiger partial charge in [0, 0.05) is 38.1 Å². The van der Waals surface area contributed by atoms with Crippen LogP contribution in [0.2, 0.25) is 0 Å². The van der Waals surface area contributed by atoms with Crippen molar-refractivity contribution in [3.8, 4) is 0 Å². The van der Waals surface area contributed by atoms with Crippen molar-refractivity contribution in [2.75, 3.05) is 0 Å². The van der Waals surface area contributed by atoms with Crippen LogP contribution in [0.25, 0.3) is 0 Å². The fraction of sp³-hybridized carbons (Fsp3) is 0.286. The monoisotopic (exact) mass is 372 g/mol. The van der Waals surface area contributed by atoms with Crippen LogP contribution in [-0.2, 0) is 13.1 Å². The molecule has 0 aliphatic rings. The number of hydrogen-bond acceptors (Lipinski definition) is 0. The second kappa shape index (κ2) is 8.38. The predicted molar refractivity (Wildman–Crippen MR) is 62.7 cm³/mol. The number of pyridine rings is 2. The molecule has 0 saturated heterocycles. The van der Waals surface area contributed by atoms with Crippen LogP contribution < -0.4 is 43.1 Å². The van der Waals surface area contributed by atoms with E-state index >= 15 is 0 Å². The van der Waals surface area contributed by atoms with E-state index in [-0.39, 0.29) is 34.0 Å². The molecule has 2 rings (SSSR count). The first-order valence-corrected chi connectivity index (χ1v) is 5.67. The van der Waals surface area contributed by atoms with Crippen LogP contribution in [-0.4, -0.2) is 0 Å². The Morgan fingerprint density at radius 2 is 1.11 bits per heavy atom. The van der Waals surface area contributed by atoms with Crippen LogP contribution in [0.5, 0.6) is 0 Å². The van der Waals surface area contributed by atoms with Gasteiger partial charge in [0.05, 0.1) is 0 Å². The van der Waals surface area contributed by atoms with Gasteiger partial charge in [-0.3, -0.25) is 0 Å². The van der Waals surface area contributed by atoms with Gasteiger partial charge in [0.1, 0.15) is 0 Å². The molecule has 0 fully saturated rings. The van der Waals surface area contributed by atoms with Gasteiger partial charge in [0.2, 0.25) is 13.1 Å². The summed E-state index contributed by atoms with van der Waals surface area (Å²) in [5.74, 6) is 0. The van der Waals surface area contributed by atoms with Gasteiger partial charge < -0.3 is 34.0 Å². The van der Waals surface area contributed by atoms with E-state index < -0.39 is 0 Å². The maximum atomic E-state index is 2.28. The number of halogens is 2. The first-order valence-electron chi connectivity index (χ1n) is 5.67. The average Bonchev–Trinajstić information content (AvgIpc) is 2.30. The molecule has 4 heteroatoms.